The highest BCUT2D eigenvalue weighted by Gasteiger charge is 2.31. The Balaban J connectivity index is 2.29. The number of aromatic nitrogens is 2. The van der Waals surface area contributed by atoms with Crippen molar-refractivity contribution >= 4 is 23.4 Å². The Morgan fingerprint density at radius 3 is 3.00 bits per heavy atom. The molecule has 2 unspecified atom stereocenters. The zero-order valence-electron chi connectivity index (χ0n) is 9.10. The molecule has 16 heavy (non-hydrogen) atoms. The van der Waals surface area contributed by atoms with E-state index in [0.29, 0.717) is 16.9 Å². The number of hydrogen-bond acceptors (Lipinski definition) is 5. The van der Waals surface area contributed by atoms with Gasteiger partial charge in [-0.3, -0.25) is 0 Å². The molecule has 0 bridgehead atoms. The predicted octanol–water partition coefficient (Wildman–Crippen LogP) is 0.919. The molecule has 6 heteroatoms. The number of anilines is 2. The number of aliphatic hydroxyl groups excluding tert-OH is 1. The van der Waals surface area contributed by atoms with E-state index < -0.39 is 0 Å². The summed E-state index contributed by atoms with van der Waals surface area (Å²) < 4.78 is 0. The lowest BCUT2D eigenvalue weighted by Gasteiger charge is -2.26. The van der Waals surface area contributed by atoms with Crippen LogP contribution in [0.2, 0.25) is 5.15 Å². The molecule has 0 radical (unpaired) electrons. The van der Waals surface area contributed by atoms with E-state index in [9.17, 15) is 5.11 Å². The monoisotopic (exact) mass is 242 g/mol. The Morgan fingerprint density at radius 1 is 1.62 bits per heavy atom. The third-order valence-electron chi connectivity index (χ3n) is 3.06. The van der Waals surface area contributed by atoms with Gasteiger partial charge in [0.05, 0.1) is 12.6 Å². The number of hydrogen-bond donors (Lipinski definition) is 2. The lowest BCUT2D eigenvalue weighted by molar-refractivity contribution is 0.244. The van der Waals surface area contributed by atoms with E-state index in [4.69, 9.17) is 17.3 Å². The van der Waals surface area contributed by atoms with Crippen molar-refractivity contribution in [1.29, 1.82) is 0 Å². The van der Waals surface area contributed by atoms with Crippen molar-refractivity contribution in [2.45, 2.75) is 19.4 Å². The standard InChI is InChI=1S/C10H15ClN4O/c1-6-2-3-15(7(6)5-16)9-4-8(11)13-10(12)14-9/h4,6-7,16H,2-3,5H2,1H3,(H2,12,13,14). The summed E-state index contributed by atoms with van der Waals surface area (Å²) in [6.45, 7) is 3.09. The highest BCUT2D eigenvalue weighted by Crippen LogP contribution is 2.29. The van der Waals surface area contributed by atoms with Crippen molar-refractivity contribution in [1.82, 2.24) is 9.97 Å². The van der Waals surface area contributed by atoms with Gasteiger partial charge in [0.1, 0.15) is 11.0 Å². The molecule has 1 saturated heterocycles. The summed E-state index contributed by atoms with van der Waals surface area (Å²) in [4.78, 5) is 10.0. The van der Waals surface area contributed by atoms with E-state index in [0.717, 1.165) is 13.0 Å². The van der Waals surface area contributed by atoms with Crippen molar-refractivity contribution in [3.8, 4) is 0 Å². The van der Waals surface area contributed by atoms with Gasteiger partial charge in [0.25, 0.3) is 0 Å². The SMILES string of the molecule is CC1CCN(c2cc(Cl)nc(N)n2)C1CO. The minimum absolute atomic E-state index is 0.0883. The van der Waals surface area contributed by atoms with Gasteiger partial charge >= 0.3 is 0 Å². The Morgan fingerprint density at radius 2 is 2.38 bits per heavy atom. The van der Waals surface area contributed by atoms with E-state index in [2.05, 4.69) is 16.9 Å². The van der Waals surface area contributed by atoms with Gasteiger partial charge in [-0.25, -0.2) is 4.98 Å². The summed E-state index contributed by atoms with van der Waals surface area (Å²) in [6.07, 6.45) is 1.03. The summed E-state index contributed by atoms with van der Waals surface area (Å²) >= 11 is 5.84. The average molecular weight is 243 g/mol. The van der Waals surface area contributed by atoms with Crippen LogP contribution < -0.4 is 10.6 Å². The molecule has 0 amide bonds. The number of halogens is 1. The van der Waals surface area contributed by atoms with Crippen LogP contribution >= 0.6 is 11.6 Å². The third-order valence-corrected chi connectivity index (χ3v) is 3.26. The molecule has 1 aromatic rings. The molecule has 0 spiro atoms. The molecular formula is C10H15ClN4O. The highest BCUT2D eigenvalue weighted by atomic mass is 35.5. The molecule has 5 nitrogen and oxygen atoms in total. The van der Waals surface area contributed by atoms with Crippen molar-refractivity contribution < 1.29 is 5.11 Å². The van der Waals surface area contributed by atoms with Crippen LogP contribution in [0.4, 0.5) is 11.8 Å². The number of aliphatic hydroxyl groups is 1. The fraction of sp³-hybridized carbons (Fsp3) is 0.600. The number of nitrogens with zero attached hydrogens (tertiary/aromatic N) is 3. The van der Waals surface area contributed by atoms with Crippen molar-refractivity contribution in [2.75, 3.05) is 23.8 Å². The van der Waals surface area contributed by atoms with Crippen LogP contribution in [0, 0.1) is 5.92 Å². The first-order valence-corrected chi connectivity index (χ1v) is 5.67. The van der Waals surface area contributed by atoms with E-state index >= 15 is 0 Å². The Kier molecular flexibility index (Phi) is 3.16. The smallest absolute Gasteiger partial charge is 0.223 e. The second-order valence-corrected chi connectivity index (χ2v) is 4.50. The van der Waals surface area contributed by atoms with Crippen LogP contribution in [0.5, 0.6) is 0 Å². The molecule has 0 aromatic carbocycles. The van der Waals surface area contributed by atoms with E-state index in [1.54, 1.807) is 6.07 Å². The molecule has 88 valence electrons. The molecule has 1 aliphatic rings. The topological polar surface area (TPSA) is 75.3 Å². The Hall–Kier alpha value is -1.07. The maximum Gasteiger partial charge on any atom is 0.223 e. The maximum atomic E-state index is 9.36. The molecule has 3 N–H and O–H groups in total. The lowest BCUT2D eigenvalue weighted by Crippen LogP contribution is -2.35. The quantitative estimate of drug-likeness (QED) is 0.755. The predicted molar refractivity (Wildman–Crippen MR) is 63.5 cm³/mol. The Bertz CT molecular complexity index is 367. The average Bonchev–Trinajstić information content (AvgIpc) is 2.58. The lowest BCUT2D eigenvalue weighted by atomic mass is 10.0. The van der Waals surface area contributed by atoms with E-state index in [1.165, 1.54) is 0 Å². The number of nitrogens with two attached hydrogens (primary N) is 1. The molecule has 1 fully saturated rings. The molecule has 0 aliphatic carbocycles. The van der Waals surface area contributed by atoms with Crippen molar-refractivity contribution in [2.24, 2.45) is 5.92 Å². The molecule has 2 atom stereocenters. The second kappa shape index (κ2) is 4.43. The van der Waals surface area contributed by atoms with Gasteiger partial charge in [-0.1, -0.05) is 18.5 Å². The van der Waals surface area contributed by atoms with Crippen LogP contribution in [0.3, 0.4) is 0 Å². The van der Waals surface area contributed by atoms with Gasteiger partial charge in [-0.15, -0.1) is 0 Å². The fourth-order valence-electron chi connectivity index (χ4n) is 2.14. The first-order chi connectivity index (χ1) is 7.61. The zero-order chi connectivity index (χ0) is 11.7. The molecular weight excluding hydrogens is 228 g/mol. The normalized spacial score (nSPS) is 25.1. The first-order valence-electron chi connectivity index (χ1n) is 5.29. The van der Waals surface area contributed by atoms with Gasteiger partial charge in [0, 0.05) is 12.6 Å². The molecule has 0 saturated carbocycles. The second-order valence-electron chi connectivity index (χ2n) is 4.12. The summed E-state index contributed by atoms with van der Waals surface area (Å²) in [5.74, 6) is 1.31. The van der Waals surface area contributed by atoms with Crippen LogP contribution in [0.25, 0.3) is 0 Å². The van der Waals surface area contributed by atoms with Crippen LogP contribution in [-0.4, -0.2) is 34.3 Å². The minimum atomic E-state index is 0.0883. The highest BCUT2D eigenvalue weighted by molar-refractivity contribution is 6.29. The molecule has 1 aromatic heterocycles. The molecule has 2 heterocycles. The molecule has 1 aliphatic heterocycles. The van der Waals surface area contributed by atoms with Crippen molar-refractivity contribution in [3.63, 3.8) is 0 Å². The van der Waals surface area contributed by atoms with Gasteiger partial charge in [-0.2, -0.15) is 4.98 Å². The van der Waals surface area contributed by atoms with Gasteiger partial charge in [-0.05, 0) is 12.3 Å². The largest absolute Gasteiger partial charge is 0.394 e. The van der Waals surface area contributed by atoms with Gasteiger partial charge in [0.2, 0.25) is 5.95 Å². The summed E-state index contributed by atoms with van der Waals surface area (Å²) in [7, 11) is 0. The summed E-state index contributed by atoms with van der Waals surface area (Å²) in [5.41, 5.74) is 5.55. The minimum Gasteiger partial charge on any atom is -0.394 e. The Labute approximate surface area is 99.3 Å². The van der Waals surface area contributed by atoms with Crippen LogP contribution in [0.15, 0.2) is 6.07 Å². The maximum absolute atomic E-state index is 9.36. The zero-order valence-corrected chi connectivity index (χ0v) is 9.85. The van der Waals surface area contributed by atoms with Crippen molar-refractivity contribution in [3.05, 3.63) is 11.2 Å². The summed E-state index contributed by atoms with van der Waals surface area (Å²) in [6, 6.07) is 1.77. The summed E-state index contributed by atoms with van der Waals surface area (Å²) in [5, 5.41) is 9.69. The van der Waals surface area contributed by atoms with Crippen LogP contribution in [-0.2, 0) is 0 Å². The van der Waals surface area contributed by atoms with E-state index in [1.807, 2.05) is 4.90 Å². The van der Waals surface area contributed by atoms with Gasteiger partial charge < -0.3 is 15.7 Å². The number of rotatable bonds is 2. The third kappa shape index (κ3) is 2.05. The van der Waals surface area contributed by atoms with Crippen LogP contribution in [0.1, 0.15) is 13.3 Å². The number of nitrogen functional groups attached to an aromatic ring is 1. The van der Waals surface area contributed by atoms with Gasteiger partial charge in [0.15, 0.2) is 0 Å². The fourth-order valence-corrected chi connectivity index (χ4v) is 2.33. The van der Waals surface area contributed by atoms with E-state index in [-0.39, 0.29) is 18.6 Å². The molecule has 2 rings (SSSR count). The first kappa shape index (κ1) is 11.4.